The van der Waals surface area contributed by atoms with E-state index < -0.39 is 10.0 Å². The van der Waals surface area contributed by atoms with Crippen LogP contribution in [0.15, 0.2) is 40.0 Å². The predicted octanol–water partition coefficient (Wildman–Crippen LogP) is 1.67. The maximum atomic E-state index is 12.3. The van der Waals surface area contributed by atoms with Gasteiger partial charge in [-0.25, -0.2) is 18.1 Å². The Labute approximate surface area is 126 Å². The quantitative estimate of drug-likeness (QED) is 0.881. The van der Waals surface area contributed by atoms with Crippen molar-refractivity contribution in [3.05, 3.63) is 40.9 Å². The van der Waals surface area contributed by atoms with Gasteiger partial charge >= 0.3 is 0 Å². The number of sulfonamides is 1. The molecule has 8 heteroatoms. The molecule has 0 spiro atoms. The van der Waals surface area contributed by atoms with E-state index in [-0.39, 0.29) is 11.4 Å². The molecule has 0 aliphatic carbocycles. The number of hydrogen-bond acceptors (Lipinski definition) is 4. The maximum Gasteiger partial charge on any atom is 0.244 e. The fourth-order valence-corrected chi connectivity index (χ4v) is 3.35. The van der Waals surface area contributed by atoms with Crippen LogP contribution in [0.1, 0.15) is 5.82 Å². The average Bonchev–Trinajstić information content (AvgIpc) is 2.82. The molecule has 0 saturated carbocycles. The van der Waals surface area contributed by atoms with Crippen molar-refractivity contribution < 1.29 is 13.2 Å². The van der Waals surface area contributed by atoms with Gasteiger partial charge in [-0.2, -0.15) is 0 Å². The lowest BCUT2D eigenvalue weighted by Crippen LogP contribution is -2.25. The summed E-state index contributed by atoms with van der Waals surface area (Å²) in [4.78, 5) is 4.15. The number of rotatable bonds is 5. The molecule has 0 atom stereocenters. The molecule has 0 saturated heterocycles. The molecule has 108 valence electrons. The third kappa shape index (κ3) is 3.20. The highest BCUT2D eigenvalue weighted by molar-refractivity contribution is 9.10. The lowest BCUT2D eigenvalue weighted by Gasteiger charge is -2.11. The lowest BCUT2D eigenvalue weighted by atomic mass is 10.3. The summed E-state index contributed by atoms with van der Waals surface area (Å²) in [6.45, 7) is 0.113. The third-order valence-electron chi connectivity index (χ3n) is 2.76. The smallest absolute Gasteiger partial charge is 0.244 e. The van der Waals surface area contributed by atoms with Gasteiger partial charge in [0.1, 0.15) is 16.5 Å². The van der Waals surface area contributed by atoms with Crippen LogP contribution in [0.4, 0.5) is 0 Å². The van der Waals surface area contributed by atoms with Crippen LogP contribution in [0.3, 0.4) is 0 Å². The van der Waals surface area contributed by atoms with E-state index in [0.717, 1.165) is 0 Å². The first-order valence-corrected chi connectivity index (χ1v) is 8.01. The van der Waals surface area contributed by atoms with Crippen molar-refractivity contribution in [1.82, 2.24) is 14.3 Å². The van der Waals surface area contributed by atoms with E-state index >= 15 is 0 Å². The third-order valence-corrected chi connectivity index (χ3v) is 4.67. The Kier molecular flexibility index (Phi) is 4.46. The van der Waals surface area contributed by atoms with Crippen LogP contribution in [-0.4, -0.2) is 25.1 Å². The Bertz CT molecular complexity index is 712. The second-order valence-corrected chi connectivity index (χ2v) is 6.73. The molecule has 0 unspecified atom stereocenters. The first-order valence-electron chi connectivity index (χ1n) is 5.73. The van der Waals surface area contributed by atoms with Gasteiger partial charge in [-0.3, -0.25) is 0 Å². The van der Waals surface area contributed by atoms with Crippen LogP contribution in [0.25, 0.3) is 0 Å². The number of nitrogens with one attached hydrogen (secondary N) is 1. The Morgan fingerprint density at radius 1 is 1.45 bits per heavy atom. The average molecular weight is 360 g/mol. The van der Waals surface area contributed by atoms with E-state index in [2.05, 4.69) is 25.6 Å². The van der Waals surface area contributed by atoms with Crippen LogP contribution in [0.5, 0.6) is 5.75 Å². The summed E-state index contributed by atoms with van der Waals surface area (Å²) >= 11 is 3.26. The molecule has 0 fully saturated rings. The molecular weight excluding hydrogens is 346 g/mol. The van der Waals surface area contributed by atoms with Crippen LogP contribution in [0.2, 0.25) is 0 Å². The van der Waals surface area contributed by atoms with Gasteiger partial charge in [0.05, 0.1) is 13.7 Å². The Balaban J connectivity index is 2.26. The molecule has 0 bridgehead atoms. The SMILES string of the molecule is COc1ccc(Br)cc1S(=O)(=O)NCc1nccn1C. The van der Waals surface area contributed by atoms with Crippen molar-refractivity contribution in [2.24, 2.45) is 7.05 Å². The topological polar surface area (TPSA) is 73.2 Å². The highest BCUT2D eigenvalue weighted by Gasteiger charge is 2.20. The van der Waals surface area contributed by atoms with Gasteiger partial charge in [-0.1, -0.05) is 15.9 Å². The molecule has 0 aliphatic heterocycles. The molecule has 2 aromatic rings. The largest absolute Gasteiger partial charge is 0.495 e. The molecular formula is C12H14BrN3O3S. The number of ether oxygens (including phenoxy) is 1. The summed E-state index contributed by atoms with van der Waals surface area (Å²) < 4.78 is 34.7. The van der Waals surface area contributed by atoms with Crippen LogP contribution in [0, 0.1) is 0 Å². The monoisotopic (exact) mass is 359 g/mol. The number of aromatic nitrogens is 2. The van der Waals surface area contributed by atoms with E-state index in [1.807, 2.05) is 0 Å². The highest BCUT2D eigenvalue weighted by atomic mass is 79.9. The number of benzene rings is 1. The standard InChI is InChI=1S/C12H14BrN3O3S/c1-16-6-5-14-12(16)8-15-20(17,18)11-7-9(13)3-4-10(11)19-2/h3-7,15H,8H2,1-2H3. The van der Waals surface area contributed by atoms with Crippen molar-refractivity contribution in [1.29, 1.82) is 0 Å². The molecule has 0 amide bonds. The van der Waals surface area contributed by atoms with Gasteiger partial charge in [0.25, 0.3) is 0 Å². The molecule has 2 rings (SSSR count). The van der Waals surface area contributed by atoms with E-state index in [1.165, 1.54) is 13.2 Å². The summed E-state index contributed by atoms with van der Waals surface area (Å²) in [5, 5.41) is 0. The maximum absolute atomic E-state index is 12.3. The van der Waals surface area contributed by atoms with Gasteiger partial charge < -0.3 is 9.30 Å². The Hall–Kier alpha value is -1.38. The van der Waals surface area contributed by atoms with Crippen LogP contribution in [-0.2, 0) is 23.6 Å². The van der Waals surface area contributed by atoms with Gasteiger partial charge in [-0.05, 0) is 18.2 Å². The van der Waals surface area contributed by atoms with Gasteiger partial charge in [0, 0.05) is 23.9 Å². The Morgan fingerprint density at radius 3 is 2.80 bits per heavy atom. The molecule has 6 nitrogen and oxygen atoms in total. The number of imidazole rings is 1. The second kappa shape index (κ2) is 5.94. The van der Waals surface area contributed by atoms with E-state index in [9.17, 15) is 8.42 Å². The normalized spacial score (nSPS) is 11.6. The van der Waals surface area contributed by atoms with Gasteiger partial charge in [0.15, 0.2) is 0 Å². The molecule has 1 aromatic carbocycles. The molecule has 0 aliphatic rings. The second-order valence-electron chi connectivity index (χ2n) is 4.07. The van der Waals surface area contributed by atoms with Gasteiger partial charge in [-0.15, -0.1) is 0 Å². The van der Waals surface area contributed by atoms with Crippen molar-refractivity contribution in [2.75, 3.05) is 7.11 Å². The molecule has 1 N–H and O–H groups in total. The summed E-state index contributed by atoms with van der Waals surface area (Å²) in [6, 6.07) is 4.82. The molecule has 0 radical (unpaired) electrons. The minimum absolute atomic E-state index is 0.0867. The van der Waals surface area contributed by atoms with Crippen molar-refractivity contribution in [2.45, 2.75) is 11.4 Å². The fourth-order valence-electron chi connectivity index (χ4n) is 1.66. The fraction of sp³-hybridized carbons (Fsp3) is 0.250. The van der Waals surface area contributed by atoms with Crippen LogP contribution < -0.4 is 9.46 Å². The summed E-state index contributed by atoms with van der Waals surface area (Å²) in [6.07, 6.45) is 3.37. The summed E-state index contributed by atoms with van der Waals surface area (Å²) in [7, 11) is -0.443. The van der Waals surface area contributed by atoms with E-state index in [0.29, 0.717) is 16.0 Å². The number of halogens is 1. The zero-order chi connectivity index (χ0) is 14.8. The molecule has 1 heterocycles. The van der Waals surface area contributed by atoms with Gasteiger partial charge in [0.2, 0.25) is 10.0 Å². The minimum atomic E-state index is -3.68. The van der Waals surface area contributed by atoms with Crippen molar-refractivity contribution >= 4 is 26.0 Å². The highest BCUT2D eigenvalue weighted by Crippen LogP contribution is 2.27. The summed E-state index contributed by atoms with van der Waals surface area (Å²) in [5.74, 6) is 0.920. The first-order chi connectivity index (χ1) is 9.44. The zero-order valence-corrected chi connectivity index (χ0v) is 13.4. The predicted molar refractivity (Wildman–Crippen MR) is 77.9 cm³/mol. The summed E-state index contributed by atoms with van der Waals surface area (Å²) in [5.41, 5.74) is 0. The number of methoxy groups -OCH3 is 1. The van der Waals surface area contributed by atoms with E-state index in [1.54, 1.807) is 36.1 Å². The lowest BCUT2D eigenvalue weighted by molar-refractivity contribution is 0.402. The van der Waals surface area contributed by atoms with E-state index in [4.69, 9.17) is 4.74 Å². The van der Waals surface area contributed by atoms with Crippen LogP contribution >= 0.6 is 15.9 Å². The van der Waals surface area contributed by atoms with Crippen molar-refractivity contribution in [3.63, 3.8) is 0 Å². The zero-order valence-electron chi connectivity index (χ0n) is 11.0. The number of aryl methyl sites for hydroxylation is 1. The number of hydrogen-bond donors (Lipinski definition) is 1. The first kappa shape index (κ1) is 15.0. The minimum Gasteiger partial charge on any atom is -0.495 e. The Morgan fingerprint density at radius 2 is 2.20 bits per heavy atom. The molecule has 1 aromatic heterocycles. The van der Waals surface area contributed by atoms with Crippen molar-refractivity contribution in [3.8, 4) is 5.75 Å². The number of nitrogens with zero attached hydrogens (tertiary/aromatic N) is 2. The molecule has 20 heavy (non-hydrogen) atoms.